The van der Waals surface area contributed by atoms with Crippen LogP contribution in [0.25, 0.3) is 0 Å². The number of hydrogen-bond donors (Lipinski definition) is 0. The number of ether oxygens (including phenoxy) is 1. The predicted octanol–water partition coefficient (Wildman–Crippen LogP) is 3.13. The molecule has 1 unspecified atom stereocenters. The number of rotatable bonds is 5. The molecule has 0 aliphatic carbocycles. The quantitative estimate of drug-likeness (QED) is 0.840. The van der Waals surface area contributed by atoms with Crippen molar-refractivity contribution in [1.29, 1.82) is 0 Å². The molecule has 1 aliphatic rings. The van der Waals surface area contributed by atoms with Gasteiger partial charge in [-0.15, -0.1) is 0 Å². The first-order chi connectivity index (χ1) is 12.1. The van der Waals surface area contributed by atoms with Crippen LogP contribution in [0.1, 0.15) is 40.5 Å². The van der Waals surface area contributed by atoms with Gasteiger partial charge >= 0.3 is 0 Å². The number of hydrogen-bond acceptors (Lipinski definition) is 4. The topological polar surface area (TPSA) is 45.7 Å². The zero-order valence-corrected chi connectivity index (χ0v) is 15.1. The molecule has 0 spiro atoms. The molecule has 0 N–H and O–H groups in total. The Kier molecular flexibility index (Phi) is 5.34. The molecule has 0 saturated carbocycles. The molecule has 1 amide bonds. The minimum Gasteiger partial charge on any atom is -0.497 e. The summed E-state index contributed by atoms with van der Waals surface area (Å²) in [4.78, 5) is 21.1. The van der Waals surface area contributed by atoms with Gasteiger partial charge in [0.1, 0.15) is 11.4 Å². The Morgan fingerprint density at radius 1 is 1.32 bits per heavy atom. The van der Waals surface area contributed by atoms with Crippen LogP contribution in [0.3, 0.4) is 0 Å². The van der Waals surface area contributed by atoms with Gasteiger partial charge in [0.15, 0.2) is 0 Å². The summed E-state index contributed by atoms with van der Waals surface area (Å²) in [5.41, 5.74) is 2.74. The SMILES string of the molecule is COc1ccc(CN(C)C(=O)c2cc(C3CCCN3C)ccn2)cc1. The van der Waals surface area contributed by atoms with Crippen LogP contribution in [0.2, 0.25) is 0 Å². The van der Waals surface area contributed by atoms with Crippen LogP contribution < -0.4 is 4.74 Å². The van der Waals surface area contributed by atoms with E-state index in [0.717, 1.165) is 24.3 Å². The van der Waals surface area contributed by atoms with E-state index in [1.165, 1.54) is 12.0 Å². The number of pyridine rings is 1. The monoisotopic (exact) mass is 339 g/mol. The van der Waals surface area contributed by atoms with E-state index in [-0.39, 0.29) is 5.91 Å². The number of methoxy groups -OCH3 is 1. The lowest BCUT2D eigenvalue weighted by Gasteiger charge is -2.21. The second-order valence-corrected chi connectivity index (χ2v) is 6.62. The number of amides is 1. The van der Waals surface area contributed by atoms with Crippen LogP contribution in [0.15, 0.2) is 42.6 Å². The minimum absolute atomic E-state index is 0.0571. The molecule has 1 fully saturated rings. The number of benzene rings is 1. The zero-order valence-electron chi connectivity index (χ0n) is 15.1. The van der Waals surface area contributed by atoms with Gasteiger partial charge in [0, 0.05) is 25.8 Å². The van der Waals surface area contributed by atoms with Gasteiger partial charge in [0.25, 0.3) is 5.91 Å². The number of likely N-dealkylation sites (tertiary alicyclic amines) is 1. The Morgan fingerprint density at radius 2 is 2.08 bits per heavy atom. The van der Waals surface area contributed by atoms with E-state index in [2.05, 4.69) is 16.9 Å². The number of nitrogens with zero attached hydrogens (tertiary/aromatic N) is 3. The molecular formula is C20H25N3O2. The summed E-state index contributed by atoms with van der Waals surface area (Å²) >= 11 is 0. The van der Waals surface area contributed by atoms with Crippen molar-refractivity contribution in [1.82, 2.24) is 14.8 Å². The van der Waals surface area contributed by atoms with Gasteiger partial charge in [-0.3, -0.25) is 14.7 Å². The molecule has 0 bridgehead atoms. The van der Waals surface area contributed by atoms with Crippen molar-refractivity contribution < 1.29 is 9.53 Å². The summed E-state index contributed by atoms with van der Waals surface area (Å²) in [7, 11) is 5.59. The standard InChI is InChI=1S/C20H25N3O2/c1-22-12-4-5-19(22)16-10-11-21-18(13-16)20(24)23(2)14-15-6-8-17(25-3)9-7-15/h6-11,13,19H,4-5,12,14H2,1-3H3. The molecule has 0 radical (unpaired) electrons. The fourth-order valence-corrected chi connectivity index (χ4v) is 3.37. The maximum absolute atomic E-state index is 12.7. The Balaban J connectivity index is 1.71. The van der Waals surface area contributed by atoms with Crippen LogP contribution in [0.5, 0.6) is 5.75 Å². The fraction of sp³-hybridized carbons (Fsp3) is 0.400. The molecule has 3 rings (SSSR count). The molecule has 1 aliphatic heterocycles. The predicted molar refractivity (Wildman–Crippen MR) is 97.6 cm³/mol. The summed E-state index contributed by atoms with van der Waals surface area (Å²) < 4.78 is 5.17. The van der Waals surface area contributed by atoms with Crippen LogP contribution in [-0.4, -0.2) is 48.4 Å². The molecule has 1 aromatic carbocycles. The molecule has 132 valence electrons. The fourth-order valence-electron chi connectivity index (χ4n) is 3.37. The van der Waals surface area contributed by atoms with Crippen LogP contribution in [0, 0.1) is 0 Å². The van der Waals surface area contributed by atoms with Gasteiger partial charge in [0.05, 0.1) is 7.11 Å². The van der Waals surface area contributed by atoms with Crippen molar-refractivity contribution in [2.75, 3.05) is 27.7 Å². The lowest BCUT2D eigenvalue weighted by atomic mass is 10.0. The van der Waals surface area contributed by atoms with Crippen molar-refractivity contribution in [2.24, 2.45) is 0 Å². The number of aromatic nitrogens is 1. The van der Waals surface area contributed by atoms with Crippen LogP contribution >= 0.6 is 0 Å². The van der Waals surface area contributed by atoms with E-state index in [1.54, 1.807) is 18.2 Å². The van der Waals surface area contributed by atoms with Crippen molar-refractivity contribution >= 4 is 5.91 Å². The highest BCUT2D eigenvalue weighted by Crippen LogP contribution is 2.30. The first-order valence-electron chi connectivity index (χ1n) is 8.63. The van der Waals surface area contributed by atoms with Crippen LogP contribution in [0.4, 0.5) is 0 Å². The van der Waals surface area contributed by atoms with Gasteiger partial charge < -0.3 is 9.64 Å². The summed E-state index contributed by atoms with van der Waals surface area (Å²) in [5.74, 6) is 0.756. The Labute approximate surface area is 149 Å². The van der Waals surface area contributed by atoms with Crippen molar-refractivity contribution in [3.05, 3.63) is 59.4 Å². The molecular weight excluding hydrogens is 314 g/mol. The highest BCUT2D eigenvalue weighted by molar-refractivity contribution is 5.92. The molecule has 1 aromatic heterocycles. The minimum atomic E-state index is -0.0571. The summed E-state index contributed by atoms with van der Waals surface area (Å²) in [5, 5.41) is 0. The van der Waals surface area contributed by atoms with E-state index in [1.807, 2.05) is 43.4 Å². The van der Waals surface area contributed by atoms with E-state index >= 15 is 0 Å². The molecule has 5 nitrogen and oxygen atoms in total. The first-order valence-corrected chi connectivity index (χ1v) is 8.63. The van der Waals surface area contributed by atoms with Crippen molar-refractivity contribution in [3.63, 3.8) is 0 Å². The van der Waals surface area contributed by atoms with Gasteiger partial charge in [0.2, 0.25) is 0 Å². The first kappa shape index (κ1) is 17.4. The van der Waals surface area contributed by atoms with E-state index in [0.29, 0.717) is 18.3 Å². The number of carbonyl (C=O) groups is 1. The molecule has 2 aromatic rings. The van der Waals surface area contributed by atoms with Gasteiger partial charge in [-0.2, -0.15) is 0 Å². The van der Waals surface area contributed by atoms with E-state index in [4.69, 9.17) is 4.74 Å². The Bertz CT molecular complexity index is 730. The average molecular weight is 339 g/mol. The highest BCUT2D eigenvalue weighted by Gasteiger charge is 2.24. The second kappa shape index (κ2) is 7.66. The number of carbonyl (C=O) groups excluding carboxylic acids is 1. The molecule has 25 heavy (non-hydrogen) atoms. The van der Waals surface area contributed by atoms with Crippen molar-refractivity contribution in [3.8, 4) is 5.75 Å². The maximum atomic E-state index is 12.7. The Morgan fingerprint density at radius 3 is 2.72 bits per heavy atom. The second-order valence-electron chi connectivity index (χ2n) is 6.62. The molecule has 5 heteroatoms. The largest absolute Gasteiger partial charge is 0.497 e. The third kappa shape index (κ3) is 3.99. The lowest BCUT2D eigenvalue weighted by molar-refractivity contribution is 0.0779. The Hall–Kier alpha value is -2.40. The zero-order chi connectivity index (χ0) is 17.8. The lowest BCUT2D eigenvalue weighted by Crippen LogP contribution is -2.27. The smallest absolute Gasteiger partial charge is 0.272 e. The third-order valence-electron chi connectivity index (χ3n) is 4.83. The normalized spacial score (nSPS) is 17.5. The van der Waals surface area contributed by atoms with Crippen LogP contribution in [-0.2, 0) is 6.54 Å². The third-order valence-corrected chi connectivity index (χ3v) is 4.83. The van der Waals surface area contributed by atoms with E-state index < -0.39 is 0 Å². The molecule has 1 atom stereocenters. The highest BCUT2D eigenvalue weighted by atomic mass is 16.5. The molecule has 1 saturated heterocycles. The van der Waals surface area contributed by atoms with Gasteiger partial charge in [-0.25, -0.2) is 0 Å². The van der Waals surface area contributed by atoms with Gasteiger partial charge in [-0.05, 0) is 61.8 Å². The van der Waals surface area contributed by atoms with E-state index in [9.17, 15) is 4.79 Å². The summed E-state index contributed by atoms with van der Waals surface area (Å²) in [6.07, 6.45) is 4.08. The van der Waals surface area contributed by atoms with Gasteiger partial charge in [-0.1, -0.05) is 12.1 Å². The maximum Gasteiger partial charge on any atom is 0.272 e. The molecule has 2 heterocycles. The summed E-state index contributed by atoms with van der Waals surface area (Å²) in [6.45, 7) is 1.64. The van der Waals surface area contributed by atoms with Crippen molar-refractivity contribution in [2.45, 2.75) is 25.4 Å². The summed E-state index contributed by atoms with van der Waals surface area (Å²) in [6, 6.07) is 12.1. The average Bonchev–Trinajstić information content (AvgIpc) is 3.08.